The van der Waals surface area contributed by atoms with Gasteiger partial charge in [-0.2, -0.15) is 0 Å². The lowest BCUT2D eigenvalue weighted by molar-refractivity contribution is -0.137. The highest BCUT2D eigenvalue weighted by atomic mass is 35.6. The minimum atomic E-state index is -1.89. The van der Waals surface area contributed by atoms with E-state index in [9.17, 15) is 14.4 Å². The Hall–Kier alpha value is -1.52. The maximum atomic E-state index is 12.5. The zero-order chi connectivity index (χ0) is 24.1. The summed E-state index contributed by atoms with van der Waals surface area (Å²) in [5.74, 6) is -1.18. The SMILES string of the molecule is CC(C)CC(=O)NC(Oc1ccc(C=C2SC(=S)N(CCC(=O)O)C2=O)cc1)C(Cl)(Cl)Cl. The van der Waals surface area contributed by atoms with Crippen molar-refractivity contribution in [2.75, 3.05) is 6.54 Å². The fourth-order valence-corrected chi connectivity index (χ4v) is 4.19. The standard InChI is InChI=1S/C20H21Cl3N2O5S2/c1-11(2)9-15(26)24-18(20(21,22)23)30-13-5-3-12(4-6-13)10-14-17(29)25(19(31)32-14)8-7-16(27)28/h3-6,10-11,18H,7-9H2,1-2H3,(H,24,26)(H,27,28). The minimum absolute atomic E-state index is 0.0189. The highest BCUT2D eigenvalue weighted by molar-refractivity contribution is 8.26. The molecule has 12 heteroatoms. The molecule has 1 saturated heterocycles. The molecule has 32 heavy (non-hydrogen) atoms. The van der Waals surface area contributed by atoms with Gasteiger partial charge in [0.15, 0.2) is 0 Å². The zero-order valence-electron chi connectivity index (χ0n) is 17.1. The predicted octanol–water partition coefficient (Wildman–Crippen LogP) is 4.60. The van der Waals surface area contributed by atoms with Crippen LogP contribution in [0.2, 0.25) is 0 Å². The molecule has 1 atom stereocenters. The third-order valence-corrected chi connectivity index (χ3v) is 6.01. The van der Waals surface area contributed by atoms with Crippen LogP contribution in [0.5, 0.6) is 5.75 Å². The number of alkyl halides is 3. The van der Waals surface area contributed by atoms with E-state index in [0.717, 1.165) is 11.8 Å². The summed E-state index contributed by atoms with van der Waals surface area (Å²) in [5.41, 5.74) is 0.686. The van der Waals surface area contributed by atoms with Gasteiger partial charge in [0.05, 0.1) is 11.3 Å². The highest BCUT2D eigenvalue weighted by Crippen LogP contribution is 2.34. The number of benzene rings is 1. The number of thiocarbonyl (C=S) groups is 1. The Morgan fingerprint density at radius 2 is 1.91 bits per heavy atom. The summed E-state index contributed by atoms with van der Waals surface area (Å²) in [6.45, 7) is 3.80. The van der Waals surface area contributed by atoms with Crippen LogP contribution in [0.15, 0.2) is 29.2 Å². The first-order valence-electron chi connectivity index (χ1n) is 9.46. The number of amides is 2. The molecule has 1 heterocycles. The number of halogens is 3. The smallest absolute Gasteiger partial charge is 0.305 e. The lowest BCUT2D eigenvalue weighted by Crippen LogP contribution is -2.48. The number of carboxylic acids is 1. The molecular formula is C20H21Cl3N2O5S2. The van der Waals surface area contributed by atoms with Crippen molar-refractivity contribution < 1.29 is 24.2 Å². The Kier molecular flexibility index (Phi) is 9.66. The van der Waals surface area contributed by atoms with Crippen molar-refractivity contribution in [3.63, 3.8) is 0 Å². The summed E-state index contributed by atoms with van der Waals surface area (Å²) >= 11 is 24.1. The van der Waals surface area contributed by atoms with E-state index in [0.29, 0.717) is 20.5 Å². The molecule has 1 aromatic rings. The highest BCUT2D eigenvalue weighted by Gasteiger charge is 2.36. The fourth-order valence-electron chi connectivity index (χ4n) is 2.58. The summed E-state index contributed by atoms with van der Waals surface area (Å²) in [4.78, 5) is 36.9. The Morgan fingerprint density at radius 1 is 1.28 bits per heavy atom. The average Bonchev–Trinajstić information content (AvgIpc) is 2.92. The van der Waals surface area contributed by atoms with Crippen LogP contribution in [0.1, 0.15) is 32.3 Å². The van der Waals surface area contributed by atoms with Crippen LogP contribution in [-0.4, -0.2) is 48.7 Å². The Balaban J connectivity index is 2.08. The zero-order valence-corrected chi connectivity index (χ0v) is 21.0. The first-order valence-corrected chi connectivity index (χ1v) is 11.8. The van der Waals surface area contributed by atoms with Gasteiger partial charge in [-0.15, -0.1) is 0 Å². The van der Waals surface area contributed by atoms with Crippen molar-refractivity contribution >= 4 is 87.0 Å². The van der Waals surface area contributed by atoms with E-state index in [1.807, 2.05) is 13.8 Å². The van der Waals surface area contributed by atoms with Crippen molar-refractivity contribution in [2.24, 2.45) is 5.92 Å². The first-order chi connectivity index (χ1) is 14.9. The molecule has 1 fully saturated rings. The Labute approximate surface area is 210 Å². The first kappa shape index (κ1) is 26.7. The molecule has 1 aliphatic heterocycles. The van der Waals surface area contributed by atoms with Crippen LogP contribution in [0.3, 0.4) is 0 Å². The van der Waals surface area contributed by atoms with Crippen molar-refractivity contribution in [1.82, 2.24) is 10.2 Å². The molecule has 0 radical (unpaired) electrons. The second kappa shape index (κ2) is 11.6. The van der Waals surface area contributed by atoms with Gasteiger partial charge < -0.3 is 15.2 Å². The average molecular weight is 540 g/mol. The van der Waals surface area contributed by atoms with Crippen LogP contribution in [0.25, 0.3) is 6.08 Å². The van der Waals surface area contributed by atoms with Gasteiger partial charge in [0.25, 0.3) is 5.91 Å². The van der Waals surface area contributed by atoms with E-state index in [4.69, 9.17) is 56.9 Å². The van der Waals surface area contributed by atoms with Gasteiger partial charge in [0, 0.05) is 13.0 Å². The number of hydrogen-bond acceptors (Lipinski definition) is 6. The molecule has 1 aliphatic rings. The number of carbonyl (C=O) groups is 3. The molecule has 174 valence electrons. The van der Waals surface area contributed by atoms with E-state index < -0.39 is 16.0 Å². The number of nitrogens with one attached hydrogen (secondary N) is 1. The number of ether oxygens (including phenoxy) is 1. The largest absolute Gasteiger partial charge is 0.481 e. The summed E-state index contributed by atoms with van der Waals surface area (Å²) in [6.07, 6.45) is 0.504. The number of aliphatic carboxylic acids is 1. The molecule has 2 N–H and O–H groups in total. The van der Waals surface area contributed by atoms with E-state index in [1.165, 1.54) is 4.90 Å². The number of hydrogen-bond donors (Lipinski definition) is 2. The van der Waals surface area contributed by atoms with Crippen LogP contribution >= 0.6 is 58.8 Å². The fraction of sp³-hybridized carbons (Fsp3) is 0.400. The summed E-state index contributed by atoms with van der Waals surface area (Å²) in [6, 6.07) is 6.58. The summed E-state index contributed by atoms with van der Waals surface area (Å²) in [7, 11) is 0. The molecule has 0 aliphatic carbocycles. The molecule has 2 rings (SSSR count). The number of carboxylic acid groups (broad SMARTS) is 1. The Morgan fingerprint density at radius 3 is 2.44 bits per heavy atom. The summed E-state index contributed by atoms with van der Waals surface area (Å²) < 4.78 is 4.08. The molecule has 0 bridgehead atoms. The van der Waals surface area contributed by atoms with E-state index >= 15 is 0 Å². The van der Waals surface area contributed by atoms with Gasteiger partial charge in [0.2, 0.25) is 15.9 Å². The van der Waals surface area contributed by atoms with Crippen LogP contribution < -0.4 is 10.1 Å². The molecule has 0 saturated carbocycles. The van der Waals surface area contributed by atoms with E-state index in [-0.39, 0.29) is 37.1 Å². The number of nitrogens with zero attached hydrogens (tertiary/aromatic N) is 1. The van der Waals surface area contributed by atoms with E-state index in [2.05, 4.69) is 5.32 Å². The molecule has 2 amide bonds. The van der Waals surface area contributed by atoms with E-state index in [1.54, 1.807) is 30.3 Å². The van der Waals surface area contributed by atoms with Crippen LogP contribution in [-0.2, 0) is 14.4 Å². The molecule has 1 aromatic carbocycles. The molecular weight excluding hydrogens is 519 g/mol. The van der Waals surface area contributed by atoms with Crippen LogP contribution in [0.4, 0.5) is 0 Å². The maximum Gasteiger partial charge on any atom is 0.305 e. The molecule has 0 aromatic heterocycles. The van der Waals surface area contributed by atoms with Gasteiger partial charge in [-0.3, -0.25) is 19.3 Å². The van der Waals surface area contributed by atoms with Crippen molar-refractivity contribution in [3.05, 3.63) is 34.7 Å². The van der Waals surface area contributed by atoms with Crippen molar-refractivity contribution in [1.29, 1.82) is 0 Å². The van der Waals surface area contributed by atoms with Gasteiger partial charge in [-0.25, -0.2) is 0 Å². The van der Waals surface area contributed by atoms with Crippen molar-refractivity contribution in [2.45, 2.75) is 36.7 Å². The number of thioether (sulfide) groups is 1. The topological polar surface area (TPSA) is 95.9 Å². The molecule has 0 spiro atoms. The van der Waals surface area contributed by atoms with Gasteiger partial charge in [-0.1, -0.05) is 84.8 Å². The normalized spacial score (nSPS) is 16.6. The van der Waals surface area contributed by atoms with Crippen LogP contribution in [0, 0.1) is 5.92 Å². The predicted molar refractivity (Wildman–Crippen MR) is 131 cm³/mol. The third kappa shape index (κ3) is 8.12. The van der Waals surface area contributed by atoms with Gasteiger partial charge in [-0.05, 0) is 29.7 Å². The molecule has 7 nitrogen and oxygen atoms in total. The van der Waals surface area contributed by atoms with Gasteiger partial charge >= 0.3 is 5.97 Å². The number of carbonyl (C=O) groups excluding carboxylic acids is 2. The quantitative estimate of drug-likeness (QED) is 0.205. The lowest BCUT2D eigenvalue weighted by Gasteiger charge is -2.26. The lowest BCUT2D eigenvalue weighted by atomic mass is 10.1. The second-order valence-electron chi connectivity index (χ2n) is 7.25. The monoisotopic (exact) mass is 538 g/mol. The molecule has 1 unspecified atom stereocenters. The third-order valence-electron chi connectivity index (χ3n) is 4.04. The van der Waals surface area contributed by atoms with Gasteiger partial charge in [0.1, 0.15) is 10.1 Å². The number of rotatable bonds is 9. The maximum absolute atomic E-state index is 12.5. The summed E-state index contributed by atoms with van der Waals surface area (Å²) in [5, 5.41) is 11.4. The Bertz CT molecular complexity index is 917. The minimum Gasteiger partial charge on any atom is -0.481 e. The van der Waals surface area contributed by atoms with Crippen molar-refractivity contribution in [3.8, 4) is 5.75 Å². The second-order valence-corrected chi connectivity index (χ2v) is 11.3.